The third-order valence-corrected chi connectivity index (χ3v) is 3.42. The summed E-state index contributed by atoms with van der Waals surface area (Å²) in [5.74, 6) is 0.277. The van der Waals surface area contributed by atoms with Gasteiger partial charge in [0.1, 0.15) is 0 Å². The van der Waals surface area contributed by atoms with Crippen LogP contribution in [0.1, 0.15) is 11.1 Å². The Morgan fingerprint density at radius 3 is 2.68 bits per heavy atom. The molecular weight excluding hydrogens is 260 g/mol. The van der Waals surface area contributed by atoms with Gasteiger partial charge in [0.2, 0.25) is 5.95 Å². The first-order valence-electron chi connectivity index (χ1n) is 5.93. The lowest BCUT2D eigenvalue weighted by molar-refractivity contribution is 0.966. The monoisotopic (exact) mass is 272 g/mol. The van der Waals surface area contributed by atoms with Crippen LogP contribution in [0.25, 0.3) is 16.8 Å². The predicted molar refractivity (Wildman–Crippen MR) is 77.3 cm³/mol. The maximum absolute atomic E-state index is 6.09. The summed E-state index contributed by atoms with van der Waals surface area (Å²) in [6.45, 7) is 4.10. The number of aromatic nitrogens is 3. The molecule has 0 fully saturated rings. The van der Waals surface area contributed by atoms with Crippen LogP contribution in [0.15, 0.2) is 30.5 Å². The van der Waals surface area contributed by atoms with Crippen LogP contribution in [0, 0.1) is 13.8 Å². The number of hydrogen-bond acceptors (Lipinski definition) is 3. The van der Waals surface area contributed by atoms with Crippen molar-refractivity contribution in [1.82, 2.24) is 14.6 Å². The predicted octanol–water partition coefficient (Wildman–Crippen LogP) is 3.25. The third kappa shape index (κ3) is 2.04. The van der Waals surface area contributed by atoms with Gasteiger partial charge in [-0.25, -0.2) is 4.52 Å². The molecule has 19 heavy (non-hydrogen) atoms. The van der Waals surface area contributed by atoms with E-state index in [0.717, 1.165) is 27.4 Å². The number of aryl methyl sites for hydroxylation is 2. The Balaban J connectivity index is 2.29. The van der Waals surface area contributed by atoms with Crippen molar-refractivity contribution in [2.24, 2.45) is 0 Å². The highest BCUT2D eigenvalue weighted by Gasteiger charge is 2.09. The molecule has 96 valence electrons. The number of nitrogens with zero attached hydrogens (tertiary/aromatic N) is 3. The van der Waals surface area contributed by atoms with Crippen LogP contribution in [0.2, 0.25) is 5.02 Å². The van der Waals surface area contributed by atoms with Gasteiger partial charge in [0.05, 0.1) is 0 Å². The van der Waals surface area contributed by atoms with Gasteiger partial charge in [-0.3, -0.25) is 0 Å². The van der Waals surface area contributed by atoms with E-state index in [9.17, 15) is 0 Å². The number of anilines is 1. The minimum atomic E-state index is 0.277. The Hall–Kier alpha value is -2.07. The summed E-state index contributed by atoms with van der Waals surface area (Å²) in [5, 5.41) is 4.86. The van der Waals surface area contributed by atoms with Crippen LogP contribution in [0.4, 0.5) is 5.95 Å². The molecule has 1 aromatic carbocycles. The molecule has 0 spiro atoms. The maximum Gasteiger partial charge on any atom is 0.240 e. The van der Waals surface area contributed by atoms with Gasteiger partial charge in [-0.15, -0.1) is 5.10 Å². The smallest absolute Gasteiger partial charge is 0.240 e. The summed E-state index contributed by atoms with van der Waals surface area (Å²) >= 11 is 6.09. The normalized spacial score (nSPS) is 11.1. The molecule has 0 atom stereocenters. The average molecular weight is 273 g/mol. The van der Waals surface area contributed by atoms with E-state index in [2.05, 4.69) is 17.0 Å². The van der Waals surface area contributed by atoms with Gasteiger partial charge in [-0.1, -0.05) is 17.7 Å². The standard InChI is InChI=1S/C14H13ClN4/c1-8-3-4-10(15)6-11(8)12-7-19-13(5-9(12)2)17-14(16)18-19/h3-7H,1-2H3,(H2,16,18). The fourth-order valence-corrected chi connectivity index (χ4v) is 2.38. The van der Waals surface area contributed by atoms with Crippen molar-refractivity contribution in [3.8, 4) is 11.1 Å². The highest BCUT2D eigenvalue weighted by molar-refractivity contribution is 6.30. The molecule has 0 saturated carbocycles. The Morgan fingerprint density at radius 2 is 1.89 bits per heavy atom. The molecule has 0 unspecified atom stereocenters. The number of benzene rings is 1. The number of rotatable bonds is 1. The van der Waals surface area contributed by atoms with Gasteiger partial charge >= 0.3 is 0 Å². The van der Waals surface area contributed by atoms with Gasteiger partial charge < -0.3 is 5.73 Å². The van der Waals surface area contributed by atoms with Crippen molar-refractivity contribution < 1.29 is 0 Å². The Morgan fingerprint density at radius 1 is 1.11 bits per heavy atom. The van der Waals surface area contributed by atoms with Gasteiger partial charge in [0.15, 0.2) is 5.65 Å². The molecule has 0 aliphatic heterocycles. The minimum absolute atomic E-state index is 0.277. The molecule has 0 aliphatic rings. The van der Waals surface area contributed by atoms with Crippen molar-refractivity contribution in [3.63, 3.8) is 0 Å². The highest BCUT2D eigenvalue weighted by Crippen LogP contribution is 2.29. The lowest BCUT2D eigenvalue weighted by Crippen LogP contribution is -1.94. The molecule has 3 aromatic rings. The second kappa shape index (κ2) is 4.24. The van der Waals surface area contributed by atoms with E-state index in [1.54, 1.807) is 4.52 Å². The molecule has 4 nitrogen and oxygen atoms in total. The number of pyridine rings is 1. The molecule has 5 heteroatoms. The molecule has 0 aliphatic carbocycles. The molecule has 3 rings (SSSR count). The molecule has 0 amide bonds. The Bertz CT molecular complexity index is 776. The fraction of sp³-hybridized carbons (Fsp3) is 0.143. The summed E-state index contributed by atoms with van der Waals surface area (Å²) in [6.07, 6.45) is 1.94. The molecular formula is C14H13ClN4. The lowest BCUT2D eigenvalue weighted by Gasteiger charge is -2.10. The first kappa shape index (κ1) is 12.0. The summed E-state index contributed by atoms with van der Waals surface area (Å²) in [5.41, 5.74) is 10.8. The fourth-order valence-electron chi connectivity index (χ4n) is 2.21. The van der Waals surface area contributed by atoms with Crippen LogP contribution in [0.3, 0.4) is 0 Å². The molecule has 2 N–H and O–H groups in total. The first-order valence-corrected chi connectivity index (χ1v) is 6.31. The van der Waals surface area contributed by atoms with Crippen LogP contribution < -0.4 is 5.73 Å². The second-order valence-electron chi connectivity index (χ2n) is 4.60. The maximum atomic E-state index is 6.09. The number of fused-ring (bicyclic) bond motifs is 1. The largest absolute Gasteiger partial charge is 0.366 e. The number of nitrogens with two attached hydrogens (primary N) is 1. The molecule has 0 bridgehead atoms. The first-order chi connectivity index (χ1) is 9.04. The summed E-state index contributed by atoms with van der Waals surface area (Å²) in [7, 11) is 0. The Kier molecular flexibility index (Phi) is 2.68. The summed E-state index contributed by atoms with van der Waals surface area (Å²) in [4.78, 5) is 4.15. The molecule has 0 saturated heterocycles. The van der Waals surface area contributed by atoms with E-state index >= 15 is 0 Å². The van der Waals surface area contributed by atoms with Gasteiger partial charge in [-0.05, 0) is 48.7 Å². The van der Waals surface area contributed by atoms with Crippen molar-refractivity contribution in [2.75, 3.05) is 5.73 Å². The van der Waals surface area contributed by atoms with E-state index in [0.29, 0.717) is 0 Å². The quantitative estimate of drug-likeness (QED) is 0.740. The second-order valence-corrected chi connectivity index (χ2v) is 5.04. The molecule has 2 aromatic heterocycles. The minimum Gasteiger partial charge on any atom is -0.366 e. The van der Waals surface area contributed by atoms with Gasteiger partial charge in [-0.2, -0.15) is 4.98 Å². The van der Waals surface area contributed by atoms with E-state index in [4.69, 9.17) is 17.3 Å². The highest BCUT2D eigenvalue weighted by atomic mass is 35.5. The van der Waals surface area contributed by atoms with Crippen LogP contribution in [0.5, 0.6) is 0 Å². The third-order valence-electron chi connectivity index (χ3n) is 3.19. The van der Waals surface area contributed by atoms with E-state index in [-0.39, 0.29) is 5.95 Å². The zero-order valence-electron chi connectivity index (χ0n) is 10.7. The van der Waals surface area contributed by atoms with Crippen molar-refractivity contribution in [1.29, 1.82) is 0 Å². The van der Waals surface area contributed by atoms with Crippen molar-refractivity contribution in [3.05, 3.63) is 46.6 Å². The zero-order valence-corrected chi connectivity index (χ0v) is 11.4. The zero-order chi connectivity index (χ0) is 13.6. The summed E-state index contributed by atoms with van der Waals surface area (Å²) < 4.78 is 1.69. The van der Waals surface area contributed by atoms with Crippen LogP contribution in [-0.2, 0) is 0 Å². The summed E-state index contributed by atoms with van der Waals surface area (Å²) in [6, 6.07) is 7.84. The van der Waals surface area contributed by atoms with Gasteiger partial charge in [0.25, 0.3) is 0 Å². The van der Waals surface area contributed by atoms with Crippen molar-refractivity contribution in [2.45, 2.75) is 13.8 Å². The SMILES string of the molecule is Cc1ccc(Cl)cc1-c1cn2nc(N)nc2cc1C. The van der Waals surface area contributed by atoms with Crippen LogP contribution >= 0.6 is 11.6 Å². The Labute approximate surface area is 115 Å². The number of nitrogen functional groups attached to an aromatic ring is 1. The lowest BCUT2D eigenvalue weighted by atomic mass is 9.98. The van der Waals surface area contributed by atoms with E-state index < -0.39 is 0 Å². The van der Waals surface area contributed by atoms with Gasteiger partial charge in [0, 0.05) is 16.8 Å². The number of hydrogen-bond donors (Lipinski definition) is 1. The number of halogens is 1. The van der Waals surface area contributed by atoms with E-state index in [1.165, 1.54) is 5.56 Å². The van der Waals surface area contributed by atoms with E-state index in [1.807, 2.05) is 37.4 Å². The average Bonchev–Trinajstić information content (AvgIpc) is 2.70. The van der Waals surface area contributed by atoms with Crippen LogP contribution in [-0.4, -0.2) is 14.6 Å². The molecule has 2 heterocycles. The molecule has 0 radical (unpaired) electrons. The van der Waals surface area contributed by atoms with Crippen molar-refractivity contribution >= 4 is 23.2 Å². The topological polar surface area (TPSA) is 56.2 Å².